The van der Waals surface area contributed by atoms with Crippen LogP contribution in [-0.2, 0) is 4.79 Å². The molecule has 1 aromatic rings. The van der Waals surface area contributed by atoms with Gasteiger partial charge in [-0.25, -0.2) is 9.97 Å². The van der Waals surface area contributed by atoms with Crippen molar-refractivity contribution in [2.45, 2.75) is 32.1 Å². The number of piperazine rings is 1. The third-order valence-electron chi connectivity index (χ3n) is 7.36. The first-order chi connectivity index (χ1) is 12.7. The molecule has 5 fully saturated rings. The molecule has 0 radical (unpaired) electrons. The van der Waals surface area contributed by atoms with Crippen molar-refractivity contribution in [3.63, 3.8) is 0 Å². The second-order valence-corrected chi connectivity index (χ2v) is 8.83. The number of amides is 1. The molecule has 4 bridgehead atoms. The molecule has 1 aromatic heterocycles. The summed E-state index contributed by atoms with van der Waals surface area (Å²) in [6.45, 7) is 5.64. The largest absolute Gasteiger partial charge is 0.354 e. The van der Waals surface area contributed by atoms with E-state index in [0.29, 0.717) is 11.8 Å². The van der Waals surface area contributed by atoms with Crippen LogP contribution in [0.3, 0.4) is 0 Å². The molecule has 5 aliphatic rings. The first kappa shape index (κ1) is 21.6. The number of nitrogens with zero attached hydrogens (tertiary/aromatic N) is 4. The van der Waals surface area contributed by atoms with Gasteiger partial charge in [-0.05, 0) is 55.9 Å². The summed E-state index contributed by atoms with van der Waals surface area (Å²) in [5.41, 5.74) is 0.0108. The molecule has 156 valence electrons. The summed E-state index contributed by atoms with van der Waals surface area (Å²) in [5.74, 6) is 3.55. The van der Waals surface area contributed by atoms with Crippen molar-refractivity contribution in [3.8, 4) is 0 Å². The van der Waals surface area contributed by atoms with Gasteiger partial charge in [0.05, 0.1) is 5.41 Å². The lowest BCUT2D eigenvalue weighted by atomic mass is 9.75. The summed E-state index contributed by atoms with van der Waals surface area (Å²) >= 11 is 0. The number of rotatable bonds is 5. The van der Waals surface area contributed by atoms with Gasteiger partial charge in [-0.3, -0.25) is 9.69 Å². The summed E-state index contributed by atoms with van der Waals surface area (Å²) in [7, 11) is 0. The molecule has 2 atom stereocenters. The highest BCUT2D eigenvalue weighted by Gasteiger charge is 2.61. The molecule has 28 heavy (non-hydrogen) atoms. The Kier molecular flexibility index (Phi) is 6.72. The van der Waals surface area contributed by atoms with Crippen LogP contribution in [0.1, 0.15) is 32.1 Å². The molecule has 1 amide bonds. The molecule has 6 nitrogen and oxygen atoms in total. The van der Waals surface area contributed by atoms with Gasteiger partial charge in [0.1, 0.15) is 0 Å². The number of carbonyl (C=O) groups excluding carboxylic acids is 1. The molecule has 1 N–H and O–H groups in total. The zero-order valence-corrected chi connectivity index (χ0v) is 17.9. The van der Waals surface area contributed by atoms with Crippen molar-refractivity contribution < 1.29 is 4.79 Å². The monoisotopic (exact) mass is 427 g/mol. The second kappa shape index (κ2) is 8.72. The summed E-state index contributed by atoms with van der Waals surface area (Å²) in [5, 5.41) is 3.30. The van der Waals surface area contributed by atoms with Crippen molar-refractivity contribution in [2.24, 2.45) is 23.2 Å². The van der Waals surface area contributed by atoms with Crippen LogP contribution in [-0.4, -0.2) is 60.0 Å². The number of halogens is 2. The number of carbonyl (C=O) groups is 1. The maximum absolute atomic E-state index is 12.9. The number of hydrogen-bond acceptors (Lipinski definition) is 5. The molecule has 0 aromatic carbocycles. The Hall–Kier alpha value is -1.11. The quantitative estimate of drug-likeness (QED) is 0.781. The normalized spacial score (nSPS) is 33.3. The van der Waals surface area contributed by atoms with Crippen molar-refractivity contribution >= 4 is 36.7 Å². The van der Waals surface area contributed by atoms with E-state index in [-0.39, 0.29) is 30.2 Å². The minimum absolute atomic E-state index is 0. The maximum Gasteiger partial charge on any atom is 0.226 e. The van der Waals surface area contributed by atoms with E-state index in [0.717, 1.165) is 69.9 Å². The number of aromatic nitrogens is 2. The Labute approximate surface area is 179 Å². The Morgan fingerprint density at radius 3 is 2.32 bits per heavy atom. The van der Waals surface area contributed by atoms with E-state index in [4.69, 9.17) is 0 Å². The lowest BCUT2D eigenvalue weighted by Gasteiger charge is -2.35. The predicted molar refractivity (Wildman–Crippen MR) is 114 cm³/mol. The van der Waals surface area contributed by atoms with E-state index in [9.17, 15) is 4.79 Å². The van der Waals surface area contributed by atoms with Crippen LogP contribution in [0.5, 0.6) is 0 Å². The first-order valence-corrected chi connectivity index (χ1v) is 10.3. The molecule has 1 aliphatic heterocycles. The van der Waals surface area contributed by atoms with Gasteiger partial charge < -0.3 is 10.2 Å². The second-order valence-electron chi connectivity index (χ2n) is 8.83. The zero-order valence-electron chi connectivity index (χ0n) is 16.3. The standard InChI is InChI=1S/C20H29N5O.2ClH/c26-18(20-13-15-10-16(14-20)12-17(20)11-15)21-4-5-24-6-8-25(9-7-24)19-22-2-1-3-23-19;;/h1-3,15-17H,4-14H2,(H,21,26);2*1H. The van der Waals surface area contributed by atoms with Gasteiger partial charge in [-0.1, -0.05) is 0 Å². The van der Waals surface area contributed by atoms with Gasteiger partial charge in [0, 0.05) is 51.7 Å². The van der Waals surface area contributed by atoms with Crippen LogP contribution in [0.4, 0.5) is 5.95 Å². The maximum atomic E-state index is 12.9. The third kappa shape index (κ3) is 3.83. The van der Waals surface area contributed by atoms with Crippen LogP contribution in [0.15, 0.2) is 18.5 Å². The average Bonchev–Trinajstić information content (AvgIpc) is 3.08. The highest BCUT2D eigenvalue weighted by atomic mass is 35.5. The number of hydrogen-bond donors (Lipinski definition) is 1. The minimum atomic E-state index is 0. The van der Waals surface area contributed by atoms with Crippen LogP contribution < -0.4 is 10.2 Å². The van der Waals surface area contributed by atoms with E-state index in [2.05, 4.69) is 25.1 Å². The average molecular weight is 428 g/mol. The summed E-state index contributed by atoms with van der Waals surface area (Å²) in [6.07, 6.45) is 9.94. The van der Waals surface area contributed by atoms with Gasteiger partial charge in [-0.2, -0.15) is 0 Å². The van der Waals surface area contributed by atoms with Gasteiger partial charge in [0.15, 0.2) is 0 Å². The zero-order chi connectivity index (χ0) is 17.6. The molecular formula is C20H31Cl2N5O. The molecule has 6 rings (SSSR count). The minimum Gasteiger partial charge on any atom is -0.354 e. The Morgan fingerprint density at radius 1 is 1.04 bits per heavy atom. The molecule has 1 saturated heterocycles. The van der Waals surface area contributed by atoms with E-state index < -0.39 is 0 Å². The van der Waals surface area contributed by atoms with Gasteiger partial charge in [0.25, 0.3) is 0 Å². The van der Waals surface area contributed by atoms with E-state index in [1.807, 2.05) is 6.07 Å². The van der Waals surface area contributed by atoms with Crippen LogP contribution in [0.2, 0.25) is 0 Å². The molecule has 0 spiro atoms. The van der Waals surface area contributed by atoms with Crippen molar-refractivity contribution in [3.05, 3.63) is 18.5 Å². The SMILES string of the molecule is Cl.Cl.O=C(NCCN1CCN(c2ncccn2)CC1)C12CC3CC(CC1C3)C2. The Bertz CT molecular complexity index is 654. The van der Waals surface area contributed by atoms with E-state index >= 15 is 0 Å². The smallest absolute Gasteiger partial charge is 0.226 e. The molecular weight excluding hydrogens is 397 g/mol. The van der Waals surface area contributed by atoms with Crippen molar-refractivity contribution in [2.75, 3.05) is 44.2 Å². The lowest BCUT2D eigenvalue weighted by molar-refractivity contribution is -0.132. The van der Waals surface area contributed by atoms with Gasteiger partial charge in [0.2, 0.25) is 11.9 Å². The summed E-state index contributed by atoms with van der Waals surface area (Å²) < 4.78 is 0. The van der Waals surface area contributed by atoms with Crippen LogP contribution in [0, 0.1) is 23.2 Å². The first-order valence-electron chi connectivity index (χ1n) is 10.3. The molecule has 4 aliphatic carbocycles. The molecule has 2 heterocycles. The van der Waals surface area contributed by atoms with Crippen molar-refractivity contribution in [1.82, 2.24) is 20.2 Å². The van der Waals surface area contributed by atoms with Gasteiger partial charge >= 0.3 is 0 Å². The lowest BCUT2D eigenvalue weighted by Crippen LogP contribution is -2.50. The fraction of sp³-hybridized carbons (Fsp3) is 0.750. The van der Waals surface area contributed by atoms with Crippen LogP contribution >= 0.6 is 24.8 Å². The number of anilines is 1. The van der Waals surface area contributed by atoms with E-state index in [1.165, 1.54) is 19.3 Å². The fourth-order valence-corrected chi connectivity index (χ4v) is 6.30. The van der Waals surface area contributed by atoms with Gasteiger partial charge in [-0.15, -0.1) is 24.8 Å². The summed E-state index contributed by atoms with van der Waals surface area (Å²) in [6, 6.07) is 1.85. The topological polar surface area (TPSA) is 61.4 Å². The third-order valence-corrected chi connectivity index (χ3v) is 7.36. The van der Waals surface area contributed by atoms with Crippen LogP contribution in [0.25, 0.3) is 0 Å². The fourth-order valence-electron chi connectivity index (χ4n) is 6.30. The Morgan fingerprint density at radius 2 is 1.68 bits per heavy atom. The number of nitrogens with one attached hydrogen (secondary N) is 1. The molecule has 4 saturated carbocycles. The highest BCUT2D eigenvalue weighted by molar-refractivity contribution is 5.85. The molecule has 2 unspecified atom stereocenters. The summed E-state index contributed by atoms with van der Waals surface area (Å²) in [4.78, 5) is 26.3. The molecule has 8 heteroatoms. The highest BCUT2D eigenvalue weighted by Crippen LogP contribution is 2.65. The Balaban J connectivity index is 0.00000112. The van der Waals surface area contributed by atoms with Crippen molar-refractivity contribution in [1.29, 1.82) is 0 Å². The van der Waals surface area contributed by atoms with E-state index in [1.54, 1.807) is 12.4 Å². The predicted octanol–water partition coefficient (Wildman–Crippen LogP) is 2.38.